The highest BCUT2D eigenvalue weighted by Crippen LogP contribution is 2.39. The first-order chi connectivity index (χ1) is 8.16. The van der Waals surface area contributed by atoms with Gasteiger partial charge in [-0.25, -0.2) is 0 Å². The van der Waals surface area contributed by atoms with Crippen LogP contribution in [0.2, 0.25) is 0 Å². The molecular formula is C13H17F2NO. The Labute approximate surface area is 100.0 Å². The minimum atomic E-state index is -2.88. The fourth-order valence-electron chi connectivity index (χ4n) is 2.27. The van der Waals surface area contributed by atoms with Gasteiger partial charge in [-0.05, 0) is 31.5 Å². The number of hydrogen-bond donors (Lipinski definition) is 1. The van der Waals surface area contributed by atoms with Crippen LogP contribution in [0.15, 0.2) is 24.3 Å². The molecule has 1 atom stereocenters. The zero-order chi connectivity index (χ0) is 12.3. The van der Waals surface area contributed by atoms with Gasteiger partial charge < -0.3 is 10.1 Å². The average Bonchev–Trinajstić information content (AvgIpc) is 2.39. The van der Waals surface area contributed by atoms with Gasteiger partial charge in [0.2, 0.25) is 0 Å². The van der Waals surface area contributed by atoms with E-state index in [1.54, 1.807) is 18.2 Å². The van der Waals surface area contributed by atoms with Gasteiger partial charge in [0.25, 0.3) is 5.92 Å². The van der Waals surface area contributed by atoms with Crippen LogP contribution in [-0.2, 0) is 5.92 Å². The van der Waals surface area contributed by atoms with Crippen molar-refractivity contribution in [1.82, 2.24) is 5.32 Å². The Balaban J connectivity index is 2.29. The van der Waals surface area contributed by atoms with Crippen LogP contribution >= 0.6 is 0 Å². The third-order valence-corrected chi connectivity index (χ3v) is 3.21. The predicted molar refractivity (Wildman–Crippen MR) is 62.5 cm³/mol. The molecule has 94 valence electrons. The molecule has 0 radical (unpaired) electrons. The van der Waals surface area contributed by atoms with Crippen LogP contribution < -0.4 is 10.1 Å². The lowest BCUT2D eigenvalue weighted by Crippen LogP contribution is -2.46. The summed E-state index contributed by atoms with van der Waals surface area (Å²) >= 11 is 0. The standard InChI is InChI=1S/C13H17F2NO/c1-17-11-7-3-2-6-10(11)13(14,15)12-8-4-5-9-16-12/h2-3,6-7,12,16H,4-5,8-9H2,1H3. The predicted octanol–water partition coefficient (Wildman–Crippen LogP) is 2.93. The Morgan fingerprint density at radius 2 is 2.06 bits per heavy atom. The normalized spacial score (nSPS) is 21.2. The minimum absolute atomic E-state index is 0.0260. The monoisotopic (exact) mass is 241 g/mol. The van der Waals surface area contributed by atoms with Crippen molar-refractivity contribution >= 4 is 0 Å². The molecule has 0 bridgehead atoms. The summed E-state index contributed by atoms with van der Waals surface area (Å²) in [6.45, 7) is 0.662. The largest absolute Gasteiger partial charge is 0.496 e. The second-order valence-corrected chi connectivity index (χ2v) is 4.33. The van der Waals surface area contributed by atoms with E-state index in [1.165, 1.54) is 13.2 Å². The van der Waals surface area contributed by atoms with Gasteiger partial charge in [0.05, 0.1) is 18.7 Å². The molecule has 0 aromatic heterocycles. The van der Waals surface area contributed by atoms with Crippen molar-refractivity contribution in [3.63, 3.8) is 0 Å². The number of hydrogen-bond acceptors (Lipinski definition) is 2. The van der Waals surface area contributed by atoms with Crippen LogP contribution in [0, 0.1) is 0 Å². The molecule has 1 N–H and O–H groups in total. The van der Waals surface area contributed by atoms with Gasteiger partial charge in [-0.2, -0.15) is 8.78 Å². The third-order valence-electron chi connectivity index (χ3n) is 3.21. The fourth-order valence-corrected chi connectivity index (χ4v) is 2.27. The summed E-state index contributed by atoms with van der Waals surface area (Å²) in [6.07, 6.45) is 2.33. The number of piperidine rings is 1. The molecular weight excluding hydrogens is 224 g/mol. The highest BCUT2D eigenvalue weighted by molar-refractivity contribution is 5.37. The molecule has 1 saturated heterocycles. The maximum atomic E-state index is 14.3. The number of methoxy groups -OCH3 is 1. The average molecular weight is 241 g/mol. The Bertz CT molecular complexity index is 375. The zero-order valence-electron chi connectivity index (χ0n) is 9.88. The maximum absolute atomic E-state index is 14.3. The molecule has 1 heterocycles. The molecule has 0 spiro atoms. The van der Waals surface area contributed by atoms with E-state index in [-0.39, 0.29) is 11.3 Å². The molecule has 2 nitrogen and oxygen atoms in total. The Morgan fingerprint density at radius 3 is 2.71 bits per heavy atom. The summed E-state index contributed by atoms with van der Waals surface area (Å²) in [7, 11) is 1.42. The lowest BCUT2D eigenvalue weighted by Gasteiger charge is -2.32. The topological polar surface area (TPSA) is 21.3 Å². The summed E-state index contributed by atoms with van der Waals surface area (Å²) in [6, 6.07) is 5.55. The number of benzene rings is 1. The van der Waals surface area contributed by atoms with E-state index < -0.39 is 12.0 Å². The summed E-state index contributed by atoms with van der Waals surface area (Å²) in [5.41, 5.74) is -0.0260. The lowest BCUT2D eigenvalue weighted by atomic mass is 9.93. The lowest BCUT2D eigenvalue weighted by molar-refractivity contribution is -0.0528. The molecule has 0 saturated carbocycles. The SMILES string of the molecule is COc1ccccc1C(F)(F)C1CCCCN1. The molecule has 0 aliphatic carbocycles. The number of ether oxygens (including phenoxy) is 1. The number of para-hydroxylation sites is 1. The molecule has 2 rings (SSSR count). The van der Waals surface area contributed by atoms with Gasteiger partial charge in [0, 0.05) is 0 Å². The molecule has 1 aliphatic heterocycles. The Morgan fingerprint density at radius 1 is 1.29 bits per heavy atom. The summed E-state index contributed by atoms with van der Waals surface area (Å²) in [5, 5.41) is 2.90. The second-order valence-electron chi connectivity index (χ2n) is 4.33. The van der Waals surface area contributed by atoms with Crippen molar-refractivity contribution in [2.75, 3.05) is 13.7 Å². The first-order valence-corrected chi connectivity index (χ1v) is 5.91. The van der Waals surface area contributed by atoms with E-state index in [4.69, 9.17) is 4.74 Å². The van der Waals surface area contributed by atoms with Crippen LogP contribution in [0.1, 0.15) is 24.8 Å². The molecule has 0 amide bonds. The van der Waals surface area contributed by atoms with Crippen molar-refractivity contribution in [1.29, 1.82) is 0 Å². The molecule has 1 fully saturated rings. The Hall–Kier alpha value is -1.16. The maximum Gasteiger partial charge on any atom is 0.291 e. The number of nitrogens with one attached hydrogen (secondary N) is 1. The highest BCUT2D eigenvalue weighted by Gasteiger charge is 2.43. The van der Waals surface area contributed by atoms with Gasteiger partial charge in [0.1, 0.15) is 5.75 Å². The third kappa shape index (κ3) is 2.41. The molecule has 1 aromatic carbocycles. The van der Waals surface area contributed by atoms with E-state index in [2.05, 4.69) is 5.32 Å². The number of rotatable bonds is 3. The quantitative estimate of drug-likeness (QED) is 0.878. The fraction of sp³-hybridized carbons (Fsp3) is 0.538. The van der Waals surface area contributed by atoms with Gasteiger partial charge >= 0.3 is 0 Å². The Kier molecular flexibility index (Phi) is 3.62. The van der Waals surface area contributed by atoms with Crippen molar-refractivity contribution < 1.29 is 13.5 Å². The second kappa shape index (κ2) is 5.00. The van der Waals surface area contributed by atoms with Crippen LogP contribution in [-0.4, -0.2) is 19.7 Å². The van der Waals surface area contributed by atoms with E-state index in [0.29, 0.717) is 13.0 Å². The number of alkyl halides is 2. The highest BCUT2D eigenvalue weighted by atomic mass is 19.3. The summed E-state index contributed by atoms with van der Waals surface area (Å²) in [5.74, 6) is -2.63. The van der Waals surface area contributed by atoms with Gasteiger partial charge in [0.15, 0.2) is 0 Å². The molecule has 4 heteroatoms. The van der Waals surface area contributed by atoms with Crippen molar-refractivity contribution in [3.8, 4) is 5.75 Å². The molecule has 17 heavy (non-hydrogen) atoms. The van der Waals surface area contributed by atoms with Gasteiger partial charge in [-0.3, -0.25) is 0 Å². The van der Waals surface area contributed by atoms with Crippen molar-refractivity contribution in [3.05, 3.63) is 29.8 Å². The van der Waals surface area contributed by atoms with Crippen LogP contribution in [0.5, 0.6) is 5.75 Å². The summed E-state index contributed by atoms with van der Waals surface area (Å²) < 4.78 is 33.7. The van der Waals surface area contributed by atoms with Crippen molar-refractivity contribution in [2.24, 2.45) is 0 Å². The smallest absolute Gasteiger partial charge is 0.291 e. The van der Waals surface area contributed by atoms with E-state index in [9.17, 15) is 8.78 Å². The molecule has 1 unspecified atom stereocenters. The van der Waals surface area contributed by atoms with Crippen LogP contribution in [0.25, 0.3) is 0 Å². The van der Waals surface area contributed by atoms with E-state index in [0.717, 1.165) is 12.8 Å². The van der Waals surface area contributed by atoms with Gasteiger partial charge in [-0.15, -0.1) is 0 Å². The molecule has 1 aliphatic rings. The zero-order valence-corrected chi connectivity index (χ0v) is 9.88. The van der Waals surface area contributed by atoms with Crippen LogP contribution in [0.4, 0.5) is 8.78 Å². The molecule has 1 aromatic rings. The first kappa shape index (κ1) is 12.3. The van der Waals surface area contributed by atoms with Gasteiger partial charge in [-0.1, -0.05) is 18.6 Å². The van der Waals surface area contributed by atoms with Crippen molar-refractivity contribution in [2.45, 2.75) is 31.2 Å². The summed E-state index contributed by atoms with van der Waals surface area (Å²) in [4.78, 5) is 0. The van der Waals surface area contributed by atoms with E-state index >= 15 is 0 Å². The number of halogens is 2. The van der Waals surface area contributed by atoms with Crippen LogP contribution in [0.3, 0.4) is 0 Å². The minimum Gasteiger partial charge on any atom is -0.496 e. The first-order valence-electron chi connectivity index (χ1n) is 5.91. The van der Waals surface area contributed by atoms with E-state index in [1.807, 2.05) is 0 Å².